The Bertz CT molecular complexity index is 639. The van der Waals surface area contributed by atoms with Crippen LogP contribution in [0.15, 0.2) is 36.4 Å². The van der Waals surface area contributed by atoms with Crippen LogP contribution < -0.4 is 4.74 Å². The highest BCUT2D eigenvalue weighted by atomic mass is 35.5. The maximum Gasteiger partial charge on any atom is 0.122 e. The number of alkyl halides is 1. The largest absolute Gasteiger partial charge is 0.493 e. The molecule has 0 fully saturated rings. The standard InChI is InChI=1S/C19H21ClO/c1-12-10-13(2)18(14(3)11-12)19(20)16-8-9-21-17-7-5-4-6-15(16)17/h4-7,10-11,16,19H,8-9H2,1-3H3. The van der Waals surface area contributed by atoms with E-state index in [0.29, 0.717) is 5.92 Å². The van der Waals surface area contributed by atoms with E-state index in [0.717, 1.165) is 18.8 Å². The number of fused-ring (bicyclic) bond motifs is 1. The Morgan fingerprint density at radius 1 is 1.10 bits per heavy atom. The predicted octanol–water partition coefficient (Wildman–Crippen LogP) is 5.46. The second-order valence-electron chi connectivity index (χ2n) is 6.00. The van der Waals surface area contributed by atoms with E-state index in [2.05, 4.69) is 45.0 Å². The number of benzene rings is 2. The quantitative estimate of drug-likeness (QED) is 0.669. The molecule has 0 amide bonds. The molecule has 110 valence electrons. The lowest BCUT2D eigenvalue weighted by Gasteiger charge is -2.31. The first kappa shape index (κ1) is 14.5. The molecule has 0 radical (unpaired) electrons. The van der Waals surface area contributed by atoms with E-state index in [1.807, 2.05) is 12.1 Å². The van der Waals surface area contributed by atoms with Crippen LogP contribution in [0.25, 0.3) is 0 Å². The molecule has 2 unspecified atom stereocenters. The van der Waals surface area contributed by atoms with Gasteiger partial charge in [-0.2, -0.15) is 0 Å². The van der Waals surface area contributed by atoms with Gasteiger partial charge in [-0.1, -0.05) is 35.9 Å². The average molecular weight is 301 g/mol. The summed E-state index contributed by atoms with van der Waals surface area (Å²) in [7, 11) is 0. The Kier molecular flexibility index (Phi) is 3.95. The number of rotatable bonds is 2. The monoisotopic (exact) mass is 300 g/mol. The third-order valence-electron chi connectivity index (χ3n) is 4.37. The van der Waals surface area contributed by atoms with Crippen molar-refractivity contribution in [3.05, 3.63) is 64.2 Å². The molecule has 0 saturated heterocycles. The molecule has 0 bridgehead atoms. The maximum atomic E-state index is 6.92. The highest BCUT2D eigenvalue weighted by Gasteiger charge is 2.30. The first-order valence-corrected chi connectivity index (χ1v) is 7.95. The van der Waals surface area contributed by atoms with Gasteiger partial charge in [0.05, 0.1) is 12.0 Å². The molecule has 1 heterocycles. The summed E-state index contributed by atoms with van der Waals surface area (Å²) in [5, 5.41) is -0.00403. The van der Waals surface area contributed by atoms with Crippen LogP contribution in [0.3, 0.4) is 0 Å². The molecule has 2 heteroatoms. The van der Waals surface area contributed by atoms with Gasteiger partial charge in [0.15, 0.2) is 0 Å². The van der Waals surface area contributed by atoms with Gasteiger partial charge in [-0.15, -0.1) is 11.6 Å². The predicted molar refractivity (Wildman–Crippen MR) is 88.5 cm³/mol. The SMILES string of the molecule is Cc1cc(C)c(C(Cl)C2CCOc3ccccc32)c(C)c1. The van der Waals surface area contributed by atoms with Gasteiger partial charge in [0.2, 0.25) is 0 Å². The molecule has 21 heavy (non-hydrogen) atoms. The van der Waals surface area contributed by atoms with Gasteiger partial charge in [0, 0.05) is 5.92 Å². The summed E-state index contributed by atoms with van der Waals surface area (Å²) >= 11 is 6.92. The average Bonchev–Trinajstić information content (AvgIpc) is 2.45. The molecule has 1 aliphatic heterocycles. The summed E-state index contributed by atoms with van der Waals surface area (Å²) in [6, 6.07) is 12.7. The van der Waals surface area contributed by atoms with Crippen molar-refractivity contribution < 1.29 is 4.74 Å². The molecule has 2 aromatic rings. The van der Waals surface area contributed by atoms with Crippen LogP contribution in [0.5, 0.6) is 5.75 Å². The third kappa shape index (κ3) is 2.67. The number of aryl methyl sites for hydroxylation is 3. The summed E-state index contributed by atoms with van der Waals surface area (Å²) in [6.45, 7) is 7.21. The van der Waals surface area contributed by atoms with E-state index in [9.17, 15) is 0 Å². The third-order valence-corrected chi connectivity index (χ3v) is 4.89. The number of halogens is 1. The van der Waals surface area contributed by atoms with Gasteiger partial charge in [0.25, 0.3) is 0 Å². The van der Waals surface area contributed by atoms with Crippen LogP contribution in [-0.2, 0) is 0 Å². The van der Waals surface area contributed by atoms with Crippen LogP contribution >= 0.6 is 11.6 Å². The second kappa shape index (κ2) is 5.73. The van der Waals surface area contributed by atoms with E-state index in [-0.39, 0.29) is 5.38 Å². The summed E-state index contributed by atoms with van der Waals surface area (Å²) in [4.78, 5) is 0. The topological polar surface area (TPSA) is 9.23 Å². The summed E-state index contributed by atoms with van der Waals surface area (Å²) < 4.78 is 5.76. The maximum absolute atomic E-state index is 6.92. The van der Waals surface area contributed by atoms with Gasteiger partial charge < -0.3 is 4.74 Å². The van der Waals surface area contributed by atoms with E-state index in [1.165, 1.54) is 27.8 Å². The minimum absolute atomic E-state index is 0.00403. The number of ether oxygens (including phenoxy) is 1. The highest BCUT2D eigenvalue weighted by molar-refractivity contribution is 6.21. The summed E-state index contributed by atoms with van der Waals surface area (Å²) in [6.07, 6.45) is 0.970. The fraction of sp³-hybridized carbons (Fsp3) is 0.368. The Hall–Kier alpha value is -1.47. The van der Waals surface area contributed by atoms with Crippen LogP contribution in [0.2, 0.25) is 0 Å². The highest BCUT2D eigenvalue weighted by Crippen LogP contribution is 2.46. The normalized spacial score (nSPS) is 18.8. The minimum Gasteiger partial charge on any atom is -0.493 e. The molecule has 0 aliphatic carbocycles. The van der Waals surface area contributed by atoms with E-state index >= 15 is 0 Å². The molecular formula is C19H21ClO. The van der Waals surface area contributed by atoms with E-state index in [1.54, 1.807) is 0 Å². The molecule has 1 aliphatic rings. The lowest BCUT2D eigenvalue weighted by molar-refractivity contribution is 0.265. The molecule has 2 atom stereocenters. The fourth-order valence-electron chi connectivity index (χ4n) is 3.50. The van der Waals surface area contributed by atoms with Crippen molar-refractivity contribution in [2.75, 3.05) is 6.61 Å². The molecule has 0 N–H and O–H groups in total. The smallest absolute Gasteiger partial charge is 0.122 e. The molecule has 2 aromatic carbocycles. The van der Waals surface area contributed by atoms with Gasteiger partial charge >= 0.3 is 0 Å². The Morgan fingerprint density at radius 3 is 2.48 bits per heavy atom. The van der Waals surface area contributed by atoms with Crippen LogP contribution in [0.4, 0.5) is 0 Å². The molecule has 0 saturated carbocycles. The van der Waals surface area contributed by atoms with Gasteiger partial charge in [-0.3, -0.25) is 0 Å². The number of hydrogen-bond acceptors (Lipinski definition) is 1. The molecule has 0 aromatic heterocycles. The fourth-order valence-corrected chi connectivity index (χ4v) is 4.11. The van der Waals surface area contributed by atoms with Crippen LogP contribution in [0, 0.1) is 20.8 Å². The van der Waals surface area contributed by atoms with Crippen LogP contribution in [-0.4, -0.2) is 6.61 Å². The number of hydrogen-bond donors (Lipinski definition) is 0. The van der Waals surface area contributed by atoms with Crippen molar-refractivity contribution in [2.45, 2.75) is 38.5 Å². The lowest BCUT2D eigenvalue weighted by Crippen LogP contribution is -2.18. The van der Waals surface area contributed by atoms with Crippen molar-refractivity contribution >= 4 is 11.6 Å². The Balaban J connectivity index is 2.03. The molecule has 0 spiro atoms. The second-order valence-corrected chi connectivity index (χ2v) is 6.47. The summed E-state index contributed by atoms with van der Waals surface area (Å²) in [5.41, 5.74) is 6.39. The van der Waals surface area contributed by atoms with Crippen molar-refractivity contribution in [1.29, 1.82) is 0 Å². The van der Waals surface area contributed by atoms with Crippen molar-refractivity contribution in [1.82, 2.24) is 0 Å². The van der Waals surface area contributed by atoms with E-state index in [4.69, 9.17) is 16.3 Å². The zero-order chi connectivity index (χ0) is 15.0. The van der Waals surface area contributed by atoms with Crippen LogP contribution in [0.1, 0.15) is 45.5 Å². The zero-order valence-electron chi connectivity index (χ0n) is 12.8. The number of para-hydroxylation sites is 1. The van der Waals surface area contributed by atoms with E-state index < -0.39 is 0 Å². The van der Waals surface area contributed by atoms with Crippen molar-refractivity contribution in [3.63, 3.8) is 0 Å². The summed E-state index contributed by atoms with van der Waals surface area (Å²) in [5.74, 6) is 1.30. The lowest BCUT2D eigenvalue weighted by atomic mass is 9.84. The van der Waals surface area contributed by atoms with Gasteiger partial charge in [-0.05, 0) is 55.5 Å². The molecule has 3 rings (SSSR count). The first-order chi connectivity index (χ1) is 10.1. The minimum atomic E-state index is -0.00403. The first-order valence-electron chi connectivity index (χ1n) is 7.51. The van der Waals surface area contributed by atoms with Crippen molar-refractivity contribution in [2.24, 2.45) is 0 Å². The zero-order valence-corrected chi connectivity index (χ0v) is 13.6. The van der Waals surface area contributed by atoms with Gasteiger partial charge in [0.1, 0.15) is 5.75 Å². The molecular weight excluding hydrogens is 280 g/mol. The molecule has 1 nitrogen and oxygen atoms in total. The Morgan fingerprint density at radius 2 is 1.76 bits per heavy atom. The van der Waals surface area contributed by atoms with Gasteiger partial charge in [-0.25, -0.2) is 0 Å². The van der Waals surface area contributed by atoms with Crippen molar-refractivity contribution in [3.8, 4) is 5.75 Å². The Labute approximate surface area is 131 Å².